The van der Waals surface area contributed by atoms with Crippen molar-refractivity contribution in [1.82, 2.24) is 4.90 Å². The second kappa shape index (κ2) is 13.5. The van der Waals surface area contributed by atoms with E-state index >= 15 is 0 Å². The first-order valence-corrected chi connectivity index (χ1v) is 8.39. The normalized spacial score (nSPS) is 14.8. The number of aliphatic imine (C=N–C) groups is 1. The average molecular weight is 304 g/mol. The predicted octanol–water partition coefficient (Wildman–Crippen LogP) is 4.35. The number of guanidine groups is 1. The van der Waals surface area contributed by atoms with Crippen LogP contribution in [0.15, 0.2) is 4.99 Å². The van der Waals surface area contributed by atoms with Crippen molar-refractivity contribution in [2.24, 2.45) is 10.7 Å². The molecule has 1 aliphatic heterocycles. The highest BCUT2D eigenvalue weighted by molar-refractivity contribution is 5.85. The van der Waals surface area contributed by atoms with E-state index in [1.54, 1.807) is 0 Å². The van der Waals surface area contributed by atoms with Crippen molar-refractivity contribution in [2.45, 2.75) is 77.6 Å². The maximum absolute atomic E-state index is 5.88. The van der Waals surface area contributed by atoms with Gasteiger partial charge in [-0.1, -0.05) is 64.7 Å². The van der Waals surface area contributed by atoms with Crippen LogP contribution in [0, 0.1) is 0 Å². The molecule has 2 N–H and O–H groups in total. The van der Waals surface area contributed by atoms with E-state index in [0.717, 1.165) is 25.6 Å². The lowest BCUT2D eigenvalue weighted by atomic mass is 10.1. The van der Waals surface area contributed by atoms with Crippen LogP contribution in [0.2, 0.25) is 0 Å². The number of rotatable bonds is 11. The molecule has 20 heavy (non-hydrogen) atoms. The van der Waals surface area contributed by atoms with Crippen LogP contribution in [0.5, 0.6) is 0 Å². The summed E-state index contributed by atoms with van der Waals surface area (Å²) in [6, 6.07) is 0. The molecule has 0 radical (unpaired) electrons. The second-order valence-electron chi connectivity index (χ2n) is 5.76. The Morgan fingerprint density at radius 2 is 1.50 bits per heavy atom. The van der Waals surface area contributed by atoms with Crippen molar-refractivity contribution in [1.29, 1.82) is 0 Å². The van der Waals surface area contributed by atoms with E-state index < -0.39 is 0 Å². The summed E-state index contributed by atoms with van der Waals surface area (Å²) < 4.78 is 0. The summed E-state index contributed by atoms with van der Waals surface area (Å²) in [4.78, 5) is 6.54. The fourth-order valence-electron chi connectivity index (χ4n) is 2.69. The van der Waals surface area contributed by atoms with E-state index in [2.05, 4.69) is 16.8 Å². The summed E-state index contributed by atoms with van der Waals surface area (Å²) in [6.45, 7) is 5.40. The molecule has 4 heteroatoms. The predicted molar refractivity (Wildman–Crippen MR) is 91.8 cm³/mol. The molecule has 0 aromatic carbocycles. The molecule has 3 nitrogen and oxygen atoms in total. The Morgan fingerprint density at radius 1 is 0.950 bits per heavy atom. The van der Waals surface area contributed by atoms with Crippen LogP contribution >= 0.6 is 12.4 Å². The quantitative estimate of drug-likeness (QED) is 0.577. The van der Waals surface area contributed by atoms with Gasteiger partial charge in [-0.25, -0.2) is 0 Å². The minimum Gasteiger partial charge on any atom is -0.370 e. The van der Waals surface area contributed by atoms with Crippen LogP contribution in [0.1, 0.15) is 77.6 Å². The molecule has 0 bridgehead atoms. The number of hydrogen-bond donors (Lipinski definition) is 1. The lowest BCUT2D eigenvalue weighted by molar-refractivity contribution is 0.375. The van der Waals surface area contributed by atoms with Gasteiger partial charge < -0.3 is 10.6 Å². The van der Waals surface area contributed by atoms with Gasteiger partial charge in [0.15, 0.2) is 5.96 Å². The Kier molecular flexibility index (Phi) is 13.2. The number of unbranched alkanes of at least 4 members (excludes halogenated alkanes) is 9. The van der Waals surface area contributed by atoms with Crippen molar-refractivity contribution in [3.8, 4) is 0 Å². The smallest absolute Gasteiger partial charge is 0.191 e. The first-order chi connectivity index (χ1) is 9.34. The molecular formula is C16H34ClN3. The summed E-state index contributed by atoms with van der Waals surface area (Å²) in [7, 11) is 0. The average Bonchev–Trinajstić information content (AvgIpc) is 2.43. The Bertz CT molecular complexity index is 244. The number of nitrogens with zero attached hydrogens (tertiary/aromatic N) is 2. The van der Waals surface area contributed by atoms with Crippen LogP contribution in [0.3, 0.4) is 0 Å². The third-order valence-corrected chi connectivity index (χ3v) is 3.97. The zero-order valence-electron chi connectivity index (χ0n) is 13.3. The molecule has 0 fully saturated rings. The first-order valence-electron chi connectivity index (χ1n) is 8.39. The van der Waals surface area contributed by atoms with E-state index in [9.17, 15) is 0 Å². The maximum atomic E-state index is 5.88. The van der Waals surface area contributed by atoms with Gasteiger partial charge in [-0.05, 0) is 12.8 Å². The van der Waals surface area contributed by atoms with Crippen LogP contribution in [0.4, 0.5) is 0 Å². The molecule has 0 aromatic rings. The standard InChI is InChI=1S/C16H33N3.ClH/c1-2-3-4-5-6-7-8-9-10-11-14-19-15-12-13-18-16(19)17;/h2-15H2,1H3,(H2,17,18);1H. The summed E-state index contributed by atoms with van der Waals surface area (Å²) in [6.07, 6.45) is 15.1. The highest BCUT2D eigenvalue weighted by Crippen LogP contribution is 2.11. The highest BCUT2D eigenvalue weighted by atomic mass is 35.5. The molecule has 0 amide bonds. The maximum Gasteiger partial charge on any atom is 0.191 e. The van der Waals surface area contributed by atoms with Gasteiger partial charge in [-0.3, -0.25) is 4.99 Å². The summed E-state index contributed by atoms with van der Waals surface area (Å²) in [5.74, 6) is 0.766. The molecule has 0 aromatic heterocycles. The van der Waals surface area contributed by atoms with Crippen molar-refractivity contribution in [3.05, 3.63) is 0 Å². The van der Waals surface area contributed by atoms with Crippen molar-refractivity contribution in [2.75, 3.05) is 19.6 Å². The largest absolute Gasteiger partial charge is 0.370 e. The molecule has 1 heterocycles. The van der Waals surface area contributed by atoms with Gasteiger partial charge in [0.2, 0.25) is 0 Å². The summed E-state index contributed by atoms with van der Waals surface area (Å²) >= 11 is 0. The topological polar surface area (TPSA) is 41.6 Å². The van der Waals surface area contributed by atoms with Gasteiger partial charge in [0.05, 0.1) is 0 Å². The SMILES string of the molecule is CCCCCCCCCCCCN1CCCN=C1N.Cl. The van der Waals surface area contributed by atoms with Crippen LogP contribution in [-0.2, 0) is 0 Å². The fraction of sp³-hybridized carbons (Fsp3) is 0.938. The monoisotopic (exact) mass is 303 g/mol. The number of halogens is 1. The van der Waals surface area contributed by atoms with Crippen LogP contribution in [0.25, 0.3) is 0 Å². The Hall–Kier alpha value is -0.440. The molecule has 1 aliphatic rings. The minimum absolute atomic E-state index is 0. The Morgan fingerprint density at radius 3 is 2.05 bits per heavy atom. The van der Waals surface area contributed by atoms with Crippen molar-refractivity contribution in [3.63, 3.8) is 0 Å². The van der Waals surface area contributed by atoms with E-state index in [1.807, 2.05) is 0 Å². The van der Waals surface area contributed by atoms with Gasteiger partial charge in [0.25, 0.3) is 0 Å². The molecule has 0 aliphatic carbocycles. The van der Waals surface area contributed by atoms with Crippen molar-refractivity contribution >= 4 is 18.4 Å². The first kappa shape index (κ1) is 19.6. The molecule has 0 unspecified atom stereocenters. The Labute approximate surface area is 131 Å². The molecule has 0 atom stereocenters. The highest BCUT2D eigenvalue weighted by Gasteiger charge is 2.10. The zero-order valence-corrected chi connectivity index (χ0v) is 14.1. The molecule has 0 saturated heterocycles. The van der Waals surface area contributed by atoms with Gasteiger partial charge >= 0.3 is 0 Å². The summed E-state index contributed by atoms with van der Waals surface area (Å²) in [5, 5.41) is 0. The second-order valence-corrected chi connectivity index (χ2v) is 5.76. The lowest BCUT2D eigenvalue weighted by Crippen LogP contribution is -2.41. The van der Waals surface area contributed by atoms with Gasteiger partial charge in [0, 0.05) is 19.6 Å². The number of hydrogen-bond acceptors (Lipinski definition) is 3. The van der Waals surface area contributed by atoms with Gasteiger partial charge in [-0.15, -0.1) is 12.4 Å². The van der Waals surface area contributed by atoms with E-state index in [1.165, 1.54) is 70.6 Å². The van der Waals surface area contributed by atoms with E-state index in [-0.39, 0.29) is 12.4 Å². The van der Waals surface area contributed by atoms with Crippen LogP contribution in [-0.4, -0.2) is 30.5 Å². The van der Waals surface area contributed by atoms with E-state index in [0.29, 0.717) is 0 Å². The van der Waals surface area contributed by atoms with Gasteiger partial charge in [-0.2, -0.15) is 0 Å². The molecule has 1 rings (SSSR count). The van der Waals surface area contributed by atoms with Crippen LogP contribution < -0.4 is 5.73 Å². The zero-order chi connectivity index (χ0) is 13.8. The third-order valence-electron chi connectivity index (χ3n) is 3.97. The third kappa shape index (κ3) is 9.46. The Balaban J connectivity index is 0.00000361. The van der Waals surface area contributed by atoms with Crippen molar-refractivity contribution < 1.29 is 0 Å². The molecular weight excluding hydrogens is 270 g/mol. The van der Waals surface area contributed by atoms with E-state index in [4.69, 9.17) is 5.73 Å². The molecule has 0 spiro atoms. The molecule has 0 saturated carbocycles. The fourth-order valence-corrected chi connectivity index (χ4v) is 2.69. The van der Waals surface area contributed by atoms with Gasteiger partial charge in [0.1, 0.15) is 0 Å². The lowest BCUT2D eigenvalue weighted by Gasteiger charge is -2.26. The number of nitrogens with two attached hydrogens (primary N) is 1. The minimum atomic E-state index is 0. The summed E-state index contributed by atoms with van der Waals surface area (Å²) in [5.41, 5.74) is 5.88. The molecule has 120 valence electrons.